The molecule has 0 unspecified atom stereocenters. The average Bonchev–Trinajstić information content (AvgIpc) is 2.41. The lowest BCUT2D eigenvalue weighted by Gasteiger charge is -1.99. The van der Waals surface area contributed by atoms with Crippen molar-refractivity contribution in [1.29, 1.82) is 0 Å². The van der Waals surface area contributed by atoms with Crippen LogP contribution in [0.5, 0.6) is 11.5 Å². The maximum absolute atomic E-state index is 9.35. The molecule has 0 saturated heterocycles. The van der Waals surface area contributed by atoms with Crippen molar-refractivity contribution >= 4 is 11.9 Å². The Morgan fingerprint density at radius 2 is 1.72 bits per heavy atom. The zero-order valence-corrected chi connectivity index (χ0v) is 10.2. The molecular weight excluding hydrogens is 226 g/mol. The van der Waals surface area contributed by atoms with Crippen LogP contribution in [0.2, 0.25) is 0 Å². The number of aliphatic imine (C=N–C) groups is 1. The molecule has 0 saturated carbocycles. The van der Waals surface area contributed by atoms with Crippen LogP contribution in [0.3, 0.4) is 0 Å². The molecule has 0 aliphatic heterocycles. The molecule has 2 N–H and O–H groups in total. The zero-order valence-electron chi connectivity index (χ0n) is 10.2. The van der Waals surface area contributed by atoms with E-state index in [-0.39, 0.29) is 11.5 Å². The molecule has 0 amide bonds. The van der Waals surface area contributed by atoms with E-state index in [1.165, 1.54) is 17.7 Å². The summed E-state index contributed by atoms with van der Waals surface area (Å²) in [7, 11) is 0. The second kappa shape index (κ2) is 5.36. The average molecular weight is 241 g/mol. The molecule has 0 radical (unpaired) electrons. The van der Waals surface area contributed by atoms with Crippen molar-refractivity contribution in [3.05, 3.63) is 53.6 Å². The molecule has 92 valence electrons. The van der Waals surface area contributed by atoms with Gasteiger partial charge < -0.3 is 10.2 Å². The molecule has 0 fully saturated rings. The van der Waals surface area contributed by atoms with Crippen LogP contribution in [0.25, 0.3) is 0 Å². The molecule has 2 rings (SSSR count). The second-order valence-corrected chi connectivity index (χ2v) is 4.03. The molecule has 2 aromatic rings. The predicted molar refractivity (Wildman–Crippen MR) is 72.8 cm³/mol. The summed E-state index contributed by atoms with van der Waals surface area (Å²) in [5.74, 6) is -0.264. The van der Waals surface area contributed by atoms with Gasteiger partial charge in [0.25, 0.3) is 0 Å². The van der Waals surface area contributed by atoms with Gasteiger partial charge in [-0.2, -0.15) is 0 Å². The van der Waals surface area contributed by atoms with Crippen LogP contribution >= 0.6 is 0 Å². The van der Waals surface area contributed by atoms with Crippen LogP contribution in [0, 0.1) is 0 Å². The molecule has 0 aliphatic rings. The van der Waals surface area contributed by atoms with E-state index < -0.39 is 0 Å². The second-order valence-electron chi connectivity index (χ2n) is 4.03. The van der Waals surface area contributed by atoms with Crippen LogP contribution in [-0.2, 0) is 6.42 Å². The number of phenols is 2. The Kier molecular flexibility index (Phi) is 3.63. The van der Waals surface area contributed by atoms with E-state index in [2.05, 4.69) is 11.9 Å². The number of phenolic OH excluding ortho intramolecular Hbond substituents is 2. The summed E-state index contributed by atoms with van der Waals surface area (Å²) in [6, 6.07) is 12.6. The summed E-state index contributed by atoms with van der Waals surface area (Å²) in [6.07, 6.45) is 2.66. The third kappa shape index (κ3) is 2.88. The van der Waals surface area contributed by atoms with E-state index in [1.54, 1.807) is 12.3 Å². The fourth-order valence-electron chi connectivity index (χ4n) is 1.59. The van der Waals surface area contributed by atoms with Crippen molar-refractivity contribution in [2.24, 2.45) is 4.99 Å². The first kappa shape index (κ1) is 12.2. The quantitative estimate of drug-likeness (QED) is 0.639. The Morgan fingerprint density at radius 3 is 2.33 bits per heavy atom. The standard InChI is InChI=1S/C15H15NO2/c1-2-11-3-6-13(7-4-11)16-10-12-5-8-14(17)15(18)9-12/h3-10,17-18H,2H2,1H3. The highest BCUT2D eigenvalue weighted by atomic mass is 16.3. The monoisotopic (exact) mass is 241 g/mol. The Labute approximate surface area is 106 Å². The number of hydrogen-bond donors (Lipinski definition) is 2. The van der Waals surface area contributed by atoms with Crippen LogP contribution in [0.4, 0.5) is 5.69 Å². The van der Waals surface area contributed by atoms with Crippen molar-refractivity contribution in [1.82, 2.24) is 0 Å². The molecular formula is C15H15NO2. The maximum atomic E-state index is 9.35. The van der Waals surface area contributed by atoms with Gasteiger partial charge in [0.2, 0.25) is 0 Å². The number of benzene rings is 2. The van der Waals surface area contributed by atoms with Crippen molar-refractivity contribution in [3.8, 4) is 11.5 Å². The Bertz CT molecular complexity index is 559. The number of aromatic hydroxyl groups is 2. The molecule has 0 heterocycles. The minimum Gasteiger partial charge on any atom is -0.504 e. The number of aryl methyl sites for hydroxylation is 1. The molecule has 0 atom stereocenters. The van der Waals surface area contributed by atoms with E-state index in [0.717, 1.165) is 17.7 Å². The Morgan fingerprint density at radius 1 is 1.00 bits per heavy atom. The molecule has 0 aromatic heterocycles. The van der Waals surface area contributed by atoms with Crippen molar-refractivity contribution in [2.75, 3.05) is 0 Å². The van der Waals surface area contributed by atoms with Gasteiger partial charge in [0.05, 0.1) is 5.69 Å². The lowest BCUT2D eigenvalue weighted by atomic mass is 10.1. The number of hydrogen-bond acceptors (Lipinski definition) is 3. The van der Waals surface area contributed by atoms with E-state index in [4.69, 9.17) is 0 Å². The first-order chi connectivity index (χ1) is 8.69. The fraction of sp³-hybridized carbons (Fsp3) is 0.133. The highest BCUT2D eigenvalue weighted by molar-refractivity contribution is 5.83. The van der Waals surface area contributed by atoms with Gasteiger partial charge in [0, 0.05) is 6.21 Å². The fourth-order valence-corrected chi connectivity index (χ4v) is 1.59. The summed E-state index contributed by atoms with van der Waals surface area (Å²) < 4.78 is 0. The van der Waals surface area contributed by atoms with E-state index in [9.17, 15) is 10.2 Å². The van der Waals surface area contributed by atoms with Gasteiger partial charge in [0.15, 0.2) is 11.5 Å². The third-order valence-corrected chi connectivity index (χ3v) is 2.71. The first-order valence-corrected chi connectivity index (χ1v) is 5.84. The molecule has 0 spiro atoms. The topological polar surface area (TPSA) is 52.8 Å². The predicted octanol–water partition coefficient (Wildman–Crippen LogP) is 3.41. The van der Waals surface area contributed by atoms with Gasteiger partial charge in [-0.25, -0.2) is 0 Å². The third-order valence-electron chi connectivity index (χ3n) is 2.71. The number of nitrogens with zero attached hydrogens (tertiary/aromatic N) is 1. The summed E-state index contributed by atoms with van der Waals surface area (Å²) in [6.45, 7) is 2.11. The SMILES string of the molecule is CCc1ccc(N=Cc2ccc(O)c(O)c2)cc1. The summed E-state index contributed by atoms with van der Waals surface area (Å²) >= 11 is 0. The van der Waals surface area contributed by atoms with Crippen molar-refractivity contribution in [3.63, 3.8) is 0 Å². The zero-order chi connectivity index (χ0) is 13.0. The Balaban J connectivity index is 2.16. The lowest BCUT2D eigenvalue weighted by molar-refractivity contribution is 0.403. The van der Waals surface area contributed by atoms with Gasteiger partial charge in [0.1, 0.15) is 0 Å². The van der Waals surface area contributed by atoms with E-state index in [1.807, 2.05) is 24.3 Å². The Hall–Kier alpha value is -2.29. The van der Waals surface area contributed by atoms with Crippen LogP contribution < -0.4 is 0 Å². The summed E-state index contributed by atoms with van der Waals surface area (Å²) in [4.78, 5) is 4.30. The van der Waals surface area contributed by atoms with Crippen LogP contribution in [-0.4, -0.2) is 16.4 Å². The largest absolute Gasteiger partial charge is 0.504 e. The van der Waals surface area contributed by atoms with Crippen LogP contribution in [0.1, 0.15) is 18.1 Å². The molecule has 0 bridgehead atoms. The maximum Gasteiger partial charge on any atom is 0.158 e. The van der Waals surface area contributed by atoms with Crippen molar-refractivity contribution in [2.45, 2.75) is 13.3 Å². The normalized spacial score (nSPS) is 10.9. The van der Waals surface area contributed by atoms with Gasteiger partial charge in [-0.1, -0.05) is 19.1 Å². The summed E-state index contributed by atoms with van der Waals surface area (Å²) in [5.41, 5.74) is 2.88. The molecule has 3 nitrogen and oxygen atoms in total. The number of rotatable bonds is 3. The van der Waals surface area contributed by atoms with Gasteiger partial charge in [-0.3, -0.25) is 4.99 Å². The lowest BCUT2D eigenvalue weighted by Crippen LogP contribution is -1.81. The highest BCUT2D eigenvalue weighted by Crippen LogP contribution is 2.24. The van der Waals surface area contributed by atoms with E-state index in [0.29, 0.717) is 0 Å². The van der Waals surface area contributed by atoms with Crippen molar-refractivity contribution < 1.29 is 10.2 Å². The van der Waals surface area contributed by atoms with Crippen LogP contribution in [0.15, 0.2) is 47.5 Å². The molecule has 18 heavy (non-hydrogen) atoms. The van der Waals surface area contributed by atoms with Gasteiger partial charge >= 0.3 is 0 Å². The molecule has 2 aromatic carbocycles. The minimum atomic E-state index is -0.139. The molecule has 0 aliphatic carbocycles. The van der Waals surface area contributed by atoms with E-state index >= 15 is 0 Å². The smallest absolute Gasteiger partial charge is 0.158 e. The highest BCUT2D eigenvalue weighted by Gasteiger charge is 1.98. The van der Waals surface area contributed by atoms with Gasteiger partial charge in [-0.05, 0) is 47.9 Å². The first-order valence-electron chi connectivity index (χ1n) is 5.84. The minimum absolute atomic E-state index is 0.126. The van der Waals surface area contributed by atoms with Gasteiger partial charge in [-0.15, -0.1) is 0 Å². The summed E-state index contributed by atoms with van der Waals surface area (Å²) in [5, 5.41) is 18.5. The molecule has 3 heteroatoms.